The van der Waals surface area contributed by atoms with E-state index in [1.165, 1.54) is 25.9 Å². The van der Waals surface area contributed by atoms with Crippen molar-refractivity contribution >= 4 is 15.9 Å². The van der Waals surface area contributed by atoms with Crippen LogP contribution in [0.15, 0.2) is 4.60 Å². The molecule has 1 atom stereocenters. The first-order chi connectivity index (χ1) is 9.48. The number of nitrogens with one attached hydrogen (secondary N) is 1. The van der Waals surface area contributed by atoms with Crippen molar-refractivity contribution in [3.8, 4) is 0 Å². The molecule has 114 valence electrons. The van der Waals surface area contributed by atoms with Crippen LogP contribution in [0.4, 0.5) is 0 Å². The van der Waals surface area contributed by atoms with Crippen molar-refractivity contribution in [3.63, 3.8) is 0 Å². The zero-order chi connectivity index (χ0) is 14.8. The first kappa shape index (κ1) is 15.9. The van der Waals surface area contributed by atoms with Crippen LogP contribution in [0, 0.1) is 0 Å². The Morgan fingerprint density at radius 3 is 2.50 bits per heavy atom. The van der Waals surface area contributed by atoms with Crippen LogP contribution in [-0.2, 0) is 7.05 Å². The molecule has 1 N–H and O–H groups in total. The van der Waals surface area contributed by atoms with Crippen molar-refractivity contribution in [1.29, 1.82) is 0 Å². The van der Waals surface area contributed by atoms with Crippen LogP contribution in [0.25, 0.3) is 0 Å². The average molecular weight is 344 g/mol. The second-order valence-corrected chi connectivity index (χ2v) is 6.88. The molecule has 2 heterocycles. The minimum atomic E-state index is 0.0453. The molecule has 1 aromatic heterocycles. The Bertz CT molecular complexity index is 417. The normalized spacial score (nSPS) is 18.6. The Balaban J connectivity index is 2.31. The number of aromatic nitrogens is 3. The van der Waals surface area contributed by atoms with E-state index in [2.05, 4.69) is 57.2 Å². The minimum Gasteiger partial charge on any atom is -0.307 e. The fourth-order valence-electron chi connectivity index (χ4n) is 3.09. The smallest absolute Gasteiger partial charge is 0.153 e. The minimum absolute atomic E-state index is 0.0453. The molecule has 1 saturated heterocycles. The monoisotopic (exact) mass is 343 g/mol. The number of aryl methyl sites for hydroxylation is 1. The summed E-state index contributed by atoms with van der Waals surface area (Å²) in [4.78, 5) is 2.58. The number of halogens is 1. The zero-order valence-electron chi connectivity index (χ0n) is 13.0. The molecule has 6 heteroatoms. The molecular formula is C14H26BrN5. The highest BCUT2D eigenvalue weighted by molar-refractivity contribution is 9.10. The van der Waals surface area contributed by atoms with Crippen molar-refractivity contribution in [2.45, 2.75) is 51.6 Å². The van der Waals surface area contributed by atoms with Crippen LogP contribution in [0.1, 0.15) is 51.8 Å². The molecule has 0 bridgehead atoms. The van der Waals surface area contributed by atoms with Crippen LogP contribution < -0.4 is 5.32 Å². The summed E-state index contributed by atoms with van der Waals surface area (Å²) in [7, 11) is 1.97. The van der Waals surface area contributed by atoms with E-state index in [-0.39, 0.29) is 11.6 Å². The molecule has 1 fully saturated rings. The van der Waals surface area contributed by atoms with Crippen LogP contribution in [-0.4, -0.2) is 45.1 Å². The Labute approximate surface area is 130 Å². The van der Waals surface area contributed by atoms with Gasteiger partial charge in [-0.05, 0) is 68.7 Å². The third kappa shape index (κ3) is 3.07. The maximum atomic E-state index is 4.16. The first-order valence-electron chi connectivity index (χ1n) is 7.52. The van der Waals surface area contributed by atoms with Crippen molar-refractivity contribution in [1.82, 2.24) is 25.2 Å². The van der Waals surface area contributed by atoms with Crippen LogP contribution >= 0.6 is 15.9 Å². The molecule has 0 aliphatic carbocycles. The topological polar surface area (TPSA) is 46.0 Å². The molecule has 1 unspecified atom stereocenters. The lowest BCUT2D eigenvalue weighted by molar-refractivity contribution is 0.103. The van der Waals surface area contributed by atoms with Gasteiger partial charge in [0.05, 0.1) is 11.7 Å². The summed E-state index contributed by atoms with van der Waals surface area (Å²) in [5.41, 5.74) is 1.18. The SMILES string of the molecule is CCCNC(c1c(Br)nnn1C)C(C)(C)N1CCCC1. The molecule has 20 heavy (non-hydrogen) atoms. The van der Waals surface area contributed by atoms with Gasteiger partial charge in [-0.25, -0.2) is 4.68 Å². The van der Waals surface area contributed by atoms with Gasteiger partial charge in [0.15, 0.2) is 4.60 Å². The highest BCUT2D eigenvalue weighted by Crippen LogP contribution is 2.35. The fourth-order valence-corrected chi connectivity index (χ4v) is 3.65. The first-order valence-corrected chi connectivity index (χ1v) is 8.31. The standard InChI is InChI=1S/C14H26BrN5/c1-5-8-16-12(11-13(15)17-18-19(11)4)14(2,3)20-9-6-7-10-20/h12,16H,5-10H2,1-4H3. The maximum absolute atomic E-state index is 4.16. The third-order valence-corrected chi connectivity index (χ3v) is 4.89. The van der Waals surface area contributed by atoms with Gasteiger partial charge < -0.3 is 5.32 Å². The van der Waals surface area contributed by atoms with Crippen molar-refractivity contribution in [3.05, 3.63) is 10.3 Å². The highest BCUT2D eigenvalue weighted by Gasteiger charge is 2.40. The largest absolute Gasteiger partial charge is 0.307 e. The molecule has 2 rings (SSSR count). The average Bonchev–Trinajstić information content (AvgIpc) is 3.03. The van der Waals surface area contributed by atoms with E-state index >= 15 is 0 Å². The van der Waals surface area contributed by atoms with E-state index in [9.17, 15) is 0 Å². The summed E-state index contributed by atoms with van der Waals surface area (Å²) in [6.07, 6.45) is 3.72. The molecule has 0 amide bonds. The van der Waals surface area contributed by atoms with Gasteiger partial charge in [-0.1, -0.05) is 12.1 Å². The predicted octanol–water partition coefficient (Wildman–Crippen LogP) is 2.49. The van der Waals surface area contributed by atoms with Gasteiger partial charge in [0.2, 0.25) is 0 Å². The van der Waals surface area contributed by atoms with E-state index in [1.54, 1.807) is 0 Å². The van der Waals surface area contributed by atoms with Gasteiger partial charge in [0.1, 0.15) is 0 Å². The van der Waals surface area contributed by atoms with E-state index < -0.39 is 0 Å². The molecule has 0 saturated carbocycles. The lowest BCUT2D eigenvalue weighted by Crippen LogP contribution is -2.52. The maximum Gasteiger partial charge on any atom is 0.153 e. The Morgan fingerprint density at radius 1 is 1.35 bits per heavy atom. The van der Waals surface area contributed by atoms with Gasteiger partial charge >= 0.3 is 0 Å². The lowest BCUT2D eigenvalue weighted by atomic mass is 9.90. The number of likely N-dealkylation sites (tertiary alicyclic amines) is 1. The van der Waals surface area contributed by atoms with Gasteiger partial charge in [-0.3, -0.25) is 4.90 Å². The van der Waals surface area contributed by atoms with Crippen LogP contribution in [0.5, 0.6) is 0 Å². The van der Waals surface area contributed by atoms with E-state index in [0.29, 0.717) is 0 Å². The summed E-state index contributed by atoms with van der Waals surface area (Å²) < 4.78 is 2.73. The molecule has 1 aromatic rings. The molecule has 0 spiro atoms. The highest BCUT2D eigenvalue weighted by atomic mass is 79.9. The summed E-state index contributed by atoms with van der Waals surface area (Å²) in [5.74, 6) is 0. The second kappa shape index (κ2) is 6.54. The predicted molar refractivity (Wildman–Crippen MR) is 84.6 cm³/mol. The second-order valence-electron chi connectivity index (χ2n) is 6.12. The zero-order valence-corrected chi connectivity index (χ0v) is 14.6. The quantitative estimate of drug-likeness (QED) is 0.861. The van der Waals surface area contributed by atoms with E-state index in [4.69, 9.17) is 0 Å². The van der Waals surface area contributed by atoms with Crippen molar-refractivity contribution in [2.75, 3.05) is 19.6 Å². The van der Waals surface area contributed by atoms with E-state index in [1.807, 2.05) is 11.7 Å². The Morgan fingerprint density at radius 2 is 2.00 bits per heavy atom. The van der Waals surface area contributed by atoms with Gasteiger partial charge in [-0.15, -0.1) is 5.10 Å². The molecule has 0 aromatic carbocycles. The number of hydrogen-bond donors (Lipinski definition) is 1. The summed E-state index contributed by atoms with van der Waals surface area (Å²) in [5, 5.41) is 12.0. The molecule has 5 nitrogen and oxygen atoms in total. The number of rotatable bonds is 6. The van der Waals surface area contributed by atoms with Gasteiger partial charge in [0, 0.05) is 12.6 Å². The third-order valence-electron chi connectivity index (χ3n) is 4.33. The van der Waals surface area contributed by atoms with Crippen molar-refractivity contribution in [2.24, 2.45) is 7.05 Å². The summed E-state index contributed by atoms with van der Waals surface area (Å²) in [6.45, 7) is 10.2. The Hall–Kier alpha value is -0.460. The fraction of sp³-hybridized carbons (Fsp3) is 0.857. The molecule has 1 aliphatic heterocycles. The van der Waals surface area contributed by atoms with Crippen LogP contribution in [0.3, 0.4) is 0 Å². The van der Waals surface area contributed by atoms with E-state index in [0.717, 1.165) is 23.3 Å². The van der Waals surface area contributed by atoms with Gasteiger partial charge in [0.25, 0.3) is 0 Å². The molecule has 0 radical (unpaired) electrons. The number of nitrogens with zero attached hydrogens (tertiary/aromatic N) is 4. The van der Waals surface area contributed by atoms with Gasteiger partial charge in [-0.2, -0.15) is 0 Å². The Kier molecular flexibility index (Phi) is 5.20. The molecule has 1 aliphatic rings. The lowest BCUT2D eigenvalue weighted by Gasteiger charge is -2.42. The van der Waals surface area contributed by atoms with Crippen LogP contribution in [0.2, 0.25) is 0 Å². The molecular weight excluding hydrogens is 318 g/mol. The number of hydrogen-bond acceptors (Lipinski definition) is 4. The summed E-state index contributed by atoms with van der Waals surface area (Å²) in [6, 6.07) is 0.218. The van der Waals surface area contributed by atoms with Crippen molar-refractivity contribution < 1.29 is 0 Å². The summed E-state index contributed by atoms with van der Waals surface area (Å²) >= 11 is 3.56.